The third-order valence-corrected chi connectivity index (χ3v) is 12.5. The van der Waals surface area contributed by atoms with E-state index in [2.05, 4.69) is 24.3 Å². The first kappa shape index (κ1) is 41.2. The van der Waals surface area contributed by atoms with E-state index in [1.807, 2.05) is 121 Å². The van der Waals surface area contributed by atoms with Gasteiger partial charge in [0, 0.05) is 0 Å². The molecule has 308 valence electrons. The van der Waals surface area contributed by atoms with Gasteiger partial charge in [-0.2, -0.15) is 0 Å². The monoisotopic (exact) mass is 870 g/mol. The standard InChI is InChI=1S/C48H40O10P2S/c1-49-37-21-9-13-25-41(37)53-59(54-42-26-14-10-22-38(42)50-2)57-45-31-29-33-17-5-7-19-35(33)47(45)61-48-36-20-8-6-18-34(36)30-32-46(48)58-60(55-43-27-15-11-23-39(43)51-3)56-44-28-16-12-24-40(44)52-4/h5-32H,1-4H3. The second-order valence-corrected chi connectivity index (χ2v) is 15.9. The summed E-state index contributed by atoms with van der Waals surface area (Å²) in [6.45, 7) is 0. The largest absolute Gasteiger partial charge is 0.530 e. The molecule has 0 heterocycles. The van der Waals surface area contributed by atoms with Gasteiger partial charge in [-0.05, 0) is 82.2 Å². The Hall–Kier alpha value is -6.51. The van der Waals surface area contributed by atoms with Gasteiger partial charge in [-0.1, -0.05) is 121 Å². The Balaban J connectivity index is 1.23. The van der Waals surface area contributed by atoms with Crippen LogP contribution in [0.2, 0.25) is 0 Å². The van der Waals surface area contributed by atoms with E-state index in [9.17, 15) is 0 Å². The zero-order chi connectivity index (χ0) is 42.0. The second kappa shape index (κ2) is 19.7. The summed E-state index contributed by atoms with van der Waals surface area (Å²) in [6.07, 6.45) is 0. The minimum Gasteiger partial charge on any atom is -0.493 e. The summed E-state index contributed by atoms with van der Waals surface area (Å²) in [5.74, 6) is 4.91. The third kappa shape index (κ3) is 9.61. The highest BCUT2D eigenvalue weighted by atomic mass is 32.2. The van der Waals surface area contributed by atoms with Crippen molar-refractivity contribution < 1.29 is 46.1 Å². The lowest BCUT2D eigenvalue weighted by Crippen LogP contribution is -2.05. The van der Waals surface area contributed by atoms with Crippen molar-refractivity contribution in [2.45, 2.75) is 9.79 Å². The van der Waals surface area contributed by atoms with Gasteiger partial charge in [0.05, 0.1) is 38.2 Å². The van der Waals surface area contributed by atoms with Crippen molar-refractivity contribution in [3.63, 3.8) is 0 Å². The fourth-order valence-corrected chi connectivity index (χ4v) is 9.71. The molecule has 0 radical (unpaired) electrons. The van der Waals surface area contributed by atoms with E-state index in [1.54, 1.807) is 52.7 Å². The topological polar surface area (TPSA) is 92.3 Å². The molecule has 0 saturated carbocycles. The van der Waals surface area contributed by atoms with E-state index in [1.165, 1.54) is 11.8 Å². The lowest BCUT2D eigenvalue weighted by molar-refractivity contribution is 0.346. The van der Waals surface area contributed by atoms with Crippen molar-refractivity contribution >= 4 is 50.5 Å². The highest BCUT2D eigenvalue weighted by molar-refractivity contribution is 8.00. The molecule has 0 fully saturated rings. The number of hydrogen-bond donors (Lipinski definition) is 0. The zero-order valence-corrected chi connectivity index (χ0v) is 36.2. The average molecular weight is 871 g/mol. The number of ether oxygens (including phenoxy) is 4. The van der Waals surface area contributed by atoms with Crippen LogP contribution in [0.3, 0.4) is 0 Å². The molecule has 0 aromatic heterocycles. The van der Waals surface area contributed by atoms with Gasteiger partial charge < -0.3 is 46.1 Å². The molecule has 8 aromatic rings. The van der Waals surface area contributed by atoms with E-state index in [0.29, 0.717) is 57.5 Å². The fraction of sp³-hybridized carbons (Fsp3) is 0.0833. The highest BCUT2D eigenvalue weighted by Crippen LogP contribution is 2.54. The Labute approximate surface area is 360 Å². The molecular formula is C48H40O10P2S. The summed E-state index contributed by atoms with van der Waals surface area (Å²) >= 11 is 1.49. The second-order valence-electron chi connectivity index (χ2n) is 12.9. The quantitative estimate of drug-likeness (QED) is 0.0772. The Morgan fingerprint density at radius 1 is 0.279 bits per heavy atom. The van der Waals surface area contributed by atoms with Gasteiger partial charge in [0.25, 0.3) is 0 Å². The Morgan fingerprint density at radius 2 is 0.541 bits per heavy atom. The normalized spacial score (nSPS) is 11.0. The van der Waals surface area contributed by atoms with Crippen molar-refractivity contribution in [3.05, 3.63) is 170 Å². The van der Waals surface area contributed by atoms with Crippen LogP contribution < -0.4 is 46.1 Å². The summed E-state index contributed by atoms with van der Waals surface area (Å²) in [4.78, 5) is 1.58. The predicted octanol–water partition coefficient (Wildman–Crippen LogP) is 13.7. The molecule has 13 heteroatoms. The Morgan fingerprint density at radius 3 is 0.852 bits per heavy atom. The number of methoxy groups -OCH3 is 4. The smallest absolute Gasteiger partial charge is 0.493 e. The van der Waals surface area contributed by atoms with Gasteiger partial charge in [0.15, 0.2) is 46.0 Å². The van der Waals surface area contributed by atoms with Crippen molar-refractivity contribution in [3.8, 4) is 57.5 Å². The Bertz CT molecular complexity index is 2470. The molecule has 0 N–H and O–H groups in total. The maximum Gasteiger partial charge on any atom is 0.530 e. The van der Waals surface area contributed by atoms with Crippen LogP contribution in [0.4, 0.5) is 0 Å². The first-order chi connectivity index (χ1) is 30.0. The van der Waals surface area contributed by atoms with Gasteiger partial charge in [-0.3, -0.25) is 0 Å². The molecule has 8 aromatic carbocycles. The first-order valence-electron chi connectivity index (χ1n) is 19.0. The minimum atomic E-state index is -2.17. The maximum absolute atomic E-state index is 6.85. The summed E-state index contributed by atoms with van der Waals surface area (Å²) < 4.78 is 62.3. The van der Waals surface area contributed by atoms with Crippen LogP contribution in [0, 0.1) is 0 Å². The van der Waals surface area contributed by atoms with Crippen LogP contribution in [-0.2, 0) is 0 Å². The maximum atomic E-state index is 6.85. The van der Waals surface area contributed by atoms with E-state index >= 15 is 0 Å². The number of para-hydroxylation sites is 8. The molecule has 61 heavy (non-hydrogen) atoms. The molecular weight excluding hydrogens is 831 g/mol. The van der Waals surface area contributed by atoms with Crippen molar-refractivity contribution in [1.29, 1.82) is 0 Å². The molecule has 0 aliphatic carbocycles. The number of rotatable bonds is 18. The fourth-order valence-electron chi connectivity index (χ4n) is 6.27. The summed E-state index contributed by atoms with van der Waals surface area (Å²) in [6, 6.07) is 53.5. The van der Waals surface area contributed by atoms with Gasteiger partial charge in [0.1, 0.15) is 11.5 Å². The zero-order valence-electron chi connectivity index (χ0n) is 33.6. The molecule has 0 aliphatic heterocycles. The lowest BCUT2D eigenvalue weighted by atomic mass is 10.1. The molecule has 0 amide bonds. The summed E-state index contributed by atoms with van der Waals surface area (Å²) in [5, 5.41) is 3.88. The van der Waals surface area contributed by atoms with Crippen molar-refractivity contribution in [2.75, 3.05) is 28.4 Å². The van der Waals surface area contributed by atoms with Crippen LogP contribution in [0.25, 0.3) is 21.5 Å². The van der Waals surface area contributed by atoms with E-state index in [4.69, 9.17) is 46.1 Å². The number of hydrogen-bond acceptors (Lipinski definition) is 11. The van der Waals surface area contributed by atoms with Crippen LogP contribution >= 0.6 is 29.0 Å². The van der Waals surface area contributed by atoms with Crippen LogP contribution in [0.15, 0.2) is 180 Å². The lowest BCUT2D eigenvalue weighted by Gasteiger charge is -2.23. The van der Waals surface area contributed by atoms with E-state index in [-0.39, 0.29) is 0 Å². The SMILES string of the molecule is COc1ccccc1OP(Oc1ccccc1OC)Oc1ccc2ccccc2c1Sc1c(OP(Oc2ccccc2OC)Oc2ccccc2OC)ccc2ccccc12. The third-order valence-electron chi connectivity index (χ3n) is 9.20. The Kier molecular flexibility index (Phi) is 13.3. The molecule has 10 nitrogen and oxygen atoms in total. The minimum absolute atomic E-state index is 0.448. The van der Waals surface area contributed by atoms with Crippen LogP contribution in [0.5, 0.6) is 57.5 Å². The van der Waals surface area contributed by atoms with Gasteiger partial charge in [0.2, 0.25) is 0 Å². The number of fused-ring (bicyclic) bond motifs is 2. The molecule has 0 atom stereocenters. The molecule has 0 bridgehead atoms. The molecule has 0 spiro atoms. The highest BCUT2D eigenvalue weighted by Gasteiger charge is 2.29. The van der Waals surface area contributed by atoms with E-state index in [0.717, 1.165) is 31.3 Å². The van der Waals surface area contributed by atoms with Crippen molar-refractivity contribution in [1.82, 2.24) is 0 Å². The number of benzene rings is 8. The van der Waals surface area contributed by atoms with Gasteiger partial charge >= 0.3 is 17.2 Å². The van der Waals surface area contributed by atoms with Crippen molar-refractivity contribution in [2.24, 2.45) is 0 Å². The predicted molar refractivity (Wildman–Crippen MR) is 242 cm³/mol. The van der Waals surface area contributed by atoms with E-state index < -0.39 is 17.2 Å². The van der Waals surface area contributed by atoms with Crippen LogP contribution in [0.1, 0.15) is 0 Å². The average Bonchev–Trinajstić information content (AvgIpc) is 3.31. The molecule has 0 unspecified atom stereocenters. The van der Waals surface area contributed by atoms with Gasteiger partial charge in [-0.15, -0.1) is 0 Å². The summed E-state index contributed by atoms with van der Waals surface area (Å²) in [7, 11) is 2.01. The molecule has 0 aliphatic rings. The first-order valence-corrected chi connectivity index (χ1v) is 22.0. The summed E-state index contributed by atoms with van der Waals surface area (Å²) in [5.41, 5.74) is 0. The van der Waals surface area contributed by atoms with Gasteiger partial charge in [-0.25, -0.2) is 0 Å². The van der Waals surface area contributed by atoms with Crippen LogP contribution in [-0.4, -0.2) is 28.4 Å². The molecule has 8 rings (SSSR count). The molecule has 0 saturated heterocycles.